The molecule has 2 heterocycles. The number of halogens is 2. The van der Waals surface area contributed by atoms with E-state index >= 15 is 0 Å². The van der Waals surface area contributed by atoms with Gasteiger partial charge in [0.25, 0.3) is 5.89 Å². The highest BCUT2D eigenvalue weighted by atomic mass is 35.5. The number of aromatic nitrogens is 2. The lowest BCUT2D eigenvalue weighted by Gasteiger charge is -2.30. The van der Waals surface area contributed by atoms with Crippen molar-refractivity contribution in [3.63, 3.8) is 0 Å². The van der Waals surface area contributed by atoms with Gasteiger partial charge in [-0.3, -0.25) is 10.1 Å². The first-order valence-electron chi connectivity index (χ1n) is 9.49. The third-order valence-corrected chi connectivity index (χ3v) is 7.39. The van der Waals surface area contributed by atoms with E-state index in [4.69, 9.17) is 27.6 Å². The van der Waals surface area contributed by atoms with Crippen LogP contribution in [-0.4, -0.2) is 41.9 Å². The predicted octanol–water partition coefficient (Wildman–Crippen LogP) is 4.08. The smallest absolute Gasteiger partial charge is 0.322 e. The maximum absolute atomic E-state index is 12.9. The second-order valence-electron chi connectivity index (χ2n) is 7.04. The standard InChI is InChI=1S/C20H18Cl2N4O4S/c21-14-8-9-17(22)16(11-14)19-24-25-20(30-19)23-18(27)13-5-4-10-26(12-13)31(28,29)15-6-2-1-3-7-15/h1-3,6-9,11,13H,4-5,10,12H2,(H,23,25,27). The van der Waals surface area contributed by atoms with E-state index in [1.165, 1.54) is 4.31 Å². The number of hydrogen-bond acceptors (Lipinski definition) is 6. The number of amides is 1. The summed E-state index contributed by atoms with van der Waals surface area (Å²) in [5, 5.41) is 11.1. The topological polar surface area (TPSA) is 105 Å². The van der Waals surface area contributed by atoms with E-state index in [0.717, 1.165) is 0 Å². The first-order valence-corrected chi connectivity index (χ1v) is 11.7. The Balaban J connectivity index is 1.46. The summed E-state index contributed by atoms with van der Waals surface area (Å²) >= 11 is 12.1. The van der Waals surface area contributed by atoms with Gasteiger partial charge in [0.2, 0.25) is 15.9 Å². The maximum Gasteiger partial charge on any atom is 0.322 e. The lowest BCUT2D eigenvalue weighted by molar-refractivity contribution is -0.121. The van der Waals surface area contributed by atoms with Gasteiger partial charge in [0.15, 0.2) is 0 Å². The summed E-state index contributed by atoms with van der Waals surface area (Å²) < 4.78 is 32.6. The van der Waals surface area contributed by atoms with Crippen molar-refractivity contribution in [2.75, 3.05) is 18.4 Å². The van der Waals surface area contributed by atoms with E-state index in [0.29, 0.717) is 35.0 Å². The van der Waals surface area contributed by atoms with Gasteiger partial charge in [-0.1, -0.05) is 46.5 Å². The molecule has 3 aromatic rings. The average Bonchev–Trinajstić information content (AvgIpc) is 3.24. The summed E-state index contributed by atoms with van der Waals surface area (Å²) in [6.45, 7) is 0.434. The zero-order valence-corrected chi connectivity index (χ0v) is 18.5. The van der Waals surface area contributed by atoms with Crippen LogP contribution in [0.5, 0.6) is 0 Å². The number of hydrogen-bond donors (Lipinski definition) is 1. The fourth-order valence-electron chi connectivity index (χ4n) is 3.37. The molecule has 1 unspecified atom stereocenters. The van der Waals surface area contributed by atoms with E-state index in [1.807, 2.05) is 0 Å². The van der Waals surface area contributed by atoms with Gasteiger partial charge < -0.3 is 4.42 Å². The SMILES string of the molecule is O=C(Nc1nnc(-c2cc(Cl)ccc2Cl)o1)C1CCCN(S(=O)(=O)c2ccccc2)C1. The van der Waals surface area contributed by atoms with E-state index < -0.39 is 15.9 Å². The van der Waals surface area contributed by atoms with E-state index in [9.17, 15) is 13.2 Å². The van der Waals surface area contributed by atoms with Crippen molar-refractivity contribution in [2.24, 2.45) is 5.92 Å². The molecule has 2 aromatic carbocycles. The van der Waals surface area contributed by atoms with Crippen LogP contribution in [0, 0.1) is 5.92 Å². The number of anilines is 1. The normalized spacial score (nSPS) is 17.4. The van der Waals surface area contributed by atoms with Crippen molar-refractivity contribution in [3.05, 3.63) is 58.6 Å². The van der Waals surface area contributed by atoms with Gasteiger partial charge in [-0.25, -0.2) is 8.42 Å². The number of benzene rings is 2. The molecule has 1 amide bonds. The third kappa shape index (κ3) is 4.74. The van der Waals surface area contributed by atoms with Crippen LogP contribution in [0.25, 0.3) is 11.5 Å². The molecule has 1 aliphatic rings. The van der Waals surface area contributed by atoms with Crippen LogP contribution in [0.4, 0.5) is 6.01 Å². The summed E-state index contributed by atoms with van der Waals surface area (Å²) in [5.74, 6) is -0.822. The van der Waals surface area contributed by atoms with Crippen molar-refractivity contribution < 1.29 is 17.6 Å². The van der Waals surface area contributed by atoms with Gasteiger partial charge in [-0.05, 0) is 43.2 Å². The highest BCUT2D eigenvalue weighted by Crippen LogP contribution is 2.31. The summed E-state index contributed by atoms with van der Waals surface area (Å²) in [5.41, 5.74) is 0.444. The van der Waals surface area contributed by atoms with Gasteiger partial charge >= 0.3 is 6.01 Å². The minimum Gasteiger partial charge on any atom is -0.403 e. The quantitative estimate of drug-likeness (QED) is 0.589. The molecular formula is C20H18Cl2N4O4S. The molecule has 162 valence electrons. The Morgan fingerprint density at radius 1 is 1.13 bits per heavy atom. The maximum atomic E-state index is 12.9. The Labute approximate surface area is 189 Å². The first-order chi connectivity index (χ1) is 14.8. The Bertz CT molecular complexity index is 1200. The number of nitrogens with zero attached hydrogens (tertiary/aromatic N) is 3. The summed E-state index contributed by atoms with van der Waals surface area (Å²) in [6.07, 6.45) is 1.12. The van der Waals surface area contributed by atoms with Crippen LogP contribution < -0.4 is 5.32 Å². The Morgan fingerprint density at radius 3 is 2.68 bits per heavy atom. The molecule has 0 aliphatic carbocycles. The number of sulfonamides is 1. The van der Waals surface area contributed by atoms with Crippen molar-refractivity contribution in [3.8, 4) is 11.5 Å². The first kappa shape index (κ1) is 21.8. The number of piperidine rings is 1. The van der Waals surface area contributed by atoms with E-state index in [1.54, 1.807) is 48.5 Å². The predicted molar refractivity (Wildman–Crippen MR) is 116 cm³/mol. The fraction of sp³-hybridized carbons (Fsp3) is 0.250. The van der Waals surface area contributed by atoms with Crippen LogP contribution in [0.15, 0.2) is 57.8 Å². The van der Waals surface area contributed by atoms with Crippen molar-refractivity contribution in [2.45, 2.75) is 17.7 Å². The molecular weight excluding hydrogens is 463 g/mol. The molecule has 0 radical (unpaired) electrons. The van der Waals surface area contributed by atoms with Crippen LogP contribution in [0.2, 0.25) is 10.0 Å². The Kier molecular flexibility index (Phi) is 6.29. The van der Waals surface area contributed by atoms with Crippen LogP contribution in [-0.2, 0) is 14.8 Å². The molecule has 0 spiro atoms. The van der Waals surface area contributed by atoms with Crippen LogP contribution in [0.1, 0.15) is 12.8 Å². The molecule has 11 heteroatoms. The zero-order valence-electron chi connectivity index (χ0n) is 16.2. The number of nitrogens with one attached hydrogen (secondary N) is 1. The molecule has 1 atom stereocenters. The van der Waals surface area contributed by atoms with Crippen molar-refractivity contribution >= 4 is 45.1 Å². The zero-order chi connectivity index (χ0) is 22.0. The van der Waals surface area contributed by atoms with Crippen LogP contribution in [0.3, 0.4) is 0 Å². The second-order valence-corrected chi connectivity index (χ2v) is 9.82. The Morgan fingerprint density at radius 2 is 1.90 bits per heavy atom. The molecule has 4 rings (SSSR count). The molecule has 1 saturated heterocycles. The number of carbonyl (C=O) groups is 1. The van der Waals surface area contributed by atoms with Gasteiger partial charge in [0, 0.05) is 18.1 Å². The molecule has 1 aliphatic heterocycles. The minimum atomic E-state index is -3.67. The average molecular weight is 481 g/mol. The summed E-state index contributed by atoms with van der Waals surface area (Å²) in [4.78, 5) is 12.9. The molecule has 1 aromatic heterocycles. The number of rotatable bonds is 5. The molecule has 31 heavy (non-hydrogen) atoms. The largest absolute Gasteiger partial charge is 0.403 e. The molecule has 8 nitrogen and oxygen atoms in total. The van der Waals surface area contributed by atoms with E-state index in [-0.39, 0.29) is 29.3 Å². The van der Waals surface area contributed by atoms with Crippen LogP contribution >= 0.6 is 23.2 Å². The van der Waals surface area contributed by atoms with Gasteiger partial charge in [0.1, 0.15) is 0 Å². The molecule has 0 saturated carbocycles. The molecule has 1 fully saturated rings. The lowest BCUT2D eigenvalue weighted by Crippen LogP contribution is -2.43. The van der Waals surface area contributed by atoms with Crippen molar-refractivity contribution in [1.82, 2.24) is 14.5 Å². The van der Waals surface area contributed by atoms with E-state index in [2.05, 4.69) is 15.5 Å². The summed E-state index contributed by atoms with van der Waals surface area (Å²) in [7, 11) is -3.67. The highest BCUT2D eigenvalue weighted by Gasteiger charge is 2.33. The van der Waals surface area contributed by atoms with Gasteiger partial charge in [0.05, 0.1) is 21.4 Å². The van der Waals surface area contributed by atoms with Gasteiger partial charge in [-0.15, -0.1) is 5.10 Å². The highest BCUT2D eigenvalue weighted by molar-refractivity contribution is 7.89. The molecule has 1 N–H and O–H groups in total. The Hall–Kier alpha value is -2.46. The third-order valence-electron chi connectivity index (χ3n) is 4.95. The number of carbonyl (C=O) groups excluding carboxylic acids is 1. The lowest BCUT2D eigenvalue weighted by atomic mass is 9.99. The van der Waals surface area contributed by atoms with Crippen molar-refractivity contribution in [1.29, 1.82) is 0 Å². The summed E-state index contributed by atoms with van der Waals surface area (Å²) in [6, 6.07) is 12.9. The second kappa shape index (κ2) is 8.96. The minimum absolute atomic E-state index is 0.0736. The molecule has 0 bridgehead atoms. The fourth-order valence-corrected chi connectivity index (χ4v) is 5.28. The van der Waals surface area contributed by atoms with Gasteiger partial charge in [-0.2, -0.15) is 4.31 Å². The monoisotopic (exact) mass is 480 g/mol.